The van der Waals surface area contributed by atoms with Gasteiger partial charge in [0.15, 0.2) is 0 Å². The van der Waals surface area contributed by atoms with Crippen LogP contribution in [0.5, 0.6) is 11.6 Å². The zero-order valence-electron chi connectivity index (χ0n) is 13.5. The SMILES string of the molecule is COc1ccc(Cl)cc1C(=O)N1CC[C@H](Oc2ccnc(C)n2)C1. The Kier molecular flexibility index (Phi) is 4.85. The number of carbonyl (C=O) groups is 1. The van der Waals surface area contributed by atoms with Crippen LogP contribution in [0.3, 0.4) is 0 Å². The molecule has 0 N–H and O–H groups in total. The highest BCUT2D eigenvalue weighted by Gasteiger charge is 2.30. The number of nitrogens with zero attached hydrogens (tertiary/aromatic N) is 3. The zero-order valence-corrected chi connectivity index (χ0v) is 14.3. The number of aryl methyl sites for hydroxylation is 1. The Morgan fingerprint density at radius 1 is 1.38 bits per heavy atom. The average molecular weight is 348 g/mol. The van der Waals surface area contributed by atoms with Gasteiger partial charge in [-0.3, -0.25) is 4.79 Å². The highest BCUT2D eigenvalue weighted by molar-refractivity contribution is 6.31. The number of rotatable bonds is 4. The van der Waals surface area contributed by atoms with Crippen molar-refractivity contribution in [1.82, 2.24) is 14.9 Å². The van der Waals surface area contributed by atoms with Crippen LogP contribution in [0.15, 0.2) is 30.5 Å². The van der Waals surface area contributed by atoms with Gasteiger partial charge in [-0.1, -0.05) is 11.6 Å². The number of carbonyl (C=O) groups excluding carboxylic acids is 1. The smallest absolute Gasteiger partial charge is 0.257 e. The van der Waals surface area contributed by atoms with E-state index in [0.29, 0.717) is 41.1 Å². The van der Waals surface area contributed by atoms with Crippen molar-refractivity contribution in [2.24, 2.45) is 0 Å². The molecule has 2 aromatic rings. The van der Waals surface area contributed by atoms with Crippen molar-refractivity contribution in [2.45, 2.75) is 19.4 Å². The van der Waals surface area contributed by atoms with Gasteiger partial charge in [0, 0.05) is 30.3 Å². The van der Waals surface area contributed by atoms with E-state index in [9.17, 15) is 4.79 Å². The standard InChI is InChI=1S/C17H18ClN3O3/c1-11-19-7-5-16(20-11)24-13-6-8-21(10-13)17(22)14-9-12(18)3-4-15(14)23-2/h3-5,7,9,13H,6,8,10H2,1-2H3/t13-/m0/s1. The number of halogens is 1. The number of methoxy groups -OCH3 is 1. The van der Waals surface area contributed by atoms with Crippen LogP contribution in [-0.4, -0.2) is 47.1 Å². The fraction of sp³-hybridized carbons (Fsp3) is 0.353. The van der Waals surface area contributed by atoms with Crippen molar-refractivity contribution in [3.05, 3.63) is 46.9 Å². The monoisotopic (exact) mass is 347 g/mol. The molecule has 1 atom stereocenters. The van der Waals surface area contributed by atoms with Gasteiger partial charge >= 0.3 is 0 Å². The highest BCUT2D eigenvalue weighted by atomic mass is 35.5. The summed E-state index contributed by atoms with van der Waals surface area (Å²) < 4.78 is 11.1. The third-order valence-corrected chi connectivity index (χ3v) is 4.10. The second-order valence-corrected chi connectivity index (χ2v) is 6.00. The molecule has 0 saturated carbocycles. The van der Waals surface area contributed by atoms with Crippen LogP contribution in [0.1, 0.15) is 22.6 Å². The van der Waals surface area contributed by atoms with Gasteiger partial charge in [0.25, 0.3) is 5.91 Å². The number of aromatic nitrogens is 2. The van der Waals surface area contributed by atoms with Crippen LogP contribution in [0.2, 0.25) is 5.02 Å². The minimum atomic E-state index is -0.112. The number of hydrogen-bond acceptors (Lipinski definition) is 5. The van der Waals surface area contributed by atoms with E-state index in [1.54, 1.807) is 35.4 Å². The highest BCUT2D eigenvalue weighted by Crippen LogP contribution is 2.26. The van der Waals surface area contributed by atoms with Crippen molar-refractivity contribution in [1.29, 1.82) is 0 Å². The van der Waals surface area contributed by atoms with E-state index < -0.39 is 0 Å². The second kappa shape index (κ2) is 7.05. The van der Waals surface area contributed by atoms with Crippen LogP contribution >= 0.6 is 11.6 Å². The number of amides is 1. The summed E-state index contributed by atoms with van der Waals surface area (Å²) in [6.07, 6.45) is 2.32. The van der Waals surface area contributed by atoms with Crippen molar-refractivity contribution in [3.63, 3.8) is 0 Å². The van der Waals surface area contributed by atoms with Crippen LogP contribution in [-0.2, 0) is 0 Å². The van der Waals surface area contributed by atoms with E-state index in [2.05, 4.69) is 9.97 Å². The van der Waals surface area contributed by atoms with E-state index in [-0.39, 0.29) is 12.0 Å². The van der Waals surface area contributed by atoms with E-state index in [1.807, 2.05) is 6.92 Å². The average Bonchev–Trinajstić information content (AvgIpc) is 3.02. The van der Waals surface area contributed by atoms with Gasteiger partial charge in [-0.15, -0.1) is 0 Å². The molecule has 24 heavy (non-hydrogen) atoms. The molecule has 0 unspecified atom stereocenters. The van der Waals surface area contributed by atoms with Crippen molar-refractivity contribution < 1.29 is 14.3 Å². The Balaban J connectivity index is 1.69. The molecule has 1 amide bonds. The fourth-order valence-electron chi connectivity index (χ4n) is 2.70. The normalized spacial score (nSPS) is 17.0. The summed E-state index contributed by atoms with van der Waals surface area (Å²) in [4.78, 5) is 22.8. The molecule has 1 aromatic carbocycles. The first kappa shape index (κ1) is 16.5. The quantitative estimate of drug-likeness (QED) is 0.850. The van der Waals surface area contributed by atoms with Crippen LogP contribution in [0, 0.1) is 6.92 Å². The lowest BCUT2D eigenvalue weighted by Gasteiger charge is -2.18. The summed E-state index contributed by atoms with van der Waals surface area (Å²) in [5.41, 5.74) is 0.462. The van der Waals surface area contributed by atoms with Gasteiger partial charge in [-0.2, -0.15) is 4.98 Å². The van der Waals surface area contributed by atoms with Gasteiger partial charge in [0.2, 0.25) is 5.88 Å². The number of ether oxygens (including phenoxy) is 2. The number of hydrogen-bond donors (Lipinski definition) is 0. The molecule has 2 heterocycles. The largest absolute Gasteiger partial charge is 0.496 e. The van der Waals surface area contributed by atoms with Crippen LogP contribution in [0.4, 0.5) is 0 Å². The summed E-state index contributed by atoms with van der Waals surface area (Å²) in [7, 11) is 1.54. The lowest BCUT2D eigenvalue weighted by atomic mass is 10.1. The molecular formula is C17H18ClN3O3. The maximum Gasteiger partial charge on any atom is 0.257 e. The third kappa shape index (κ3) is 3.59. The van der Waals surface area contributed by atoms with Crippen LogP contribution < -0.4 is 9.47 Å². The van der Waals surface area contributed by atoms with Gasteiger partial charge in [0.1, 0.15) is 17.7 Å². The molecule has 1 aliphatic rings. The van der Waals surface area contributed by atoms with E-state index in [0.717, 1.165) is 6.42 Å². The molecule has 0 aliphatic carbocycles. The summed E-state index contributed by atoms with van der Waals surface area (Å²) in [6.45, 7) is 2.92. The van der Waals surface area contributed by atoms with Gasteiger partial charge in [0.05, 0.1) is 19.2 Å². The maximum absolute atomic E-state index is 12.7. The number of benzene rings is 1. The Labute approximate surface area is 145 Å². The Hall–Kier alpha value is -2.34. The van der Waals surface area contributed by atoms with Gasteiger partial charge in [-0.05, 0) is 25.1 Å². The summed E-state index contributed by atoms with van der Waals surface area (Å²) >= 11 is 6.01. The van der Waals surface area contributed by atoms with E-state index in [4.69, 9.17) is 21.1 Å². The molecule has 3 rings (SSSR count). The Bertz CT molecular complexity index is 754. The van der Waals surface area contributed by atoms with Crippen LogP contribution in [0.25, 0.3) is 0 Å². The third-order valence-electron chi connectivity index (χ3n) is 3.86. The molecule has 0 radical (unpaired) electrons. The predicted octanol–water partition coefficient (Wildman–Crippen LogP) is 2.74. The molecular weight excluding hydrogens is 330 g/mol. The lowest BCUT2D eigenvalue weighted by Crippen LogP contribution is -2.31. The van der Waals surface area contributed by atoms with Gasteiger partial charge in [-0.25, -0.2) is 4.98 Å². The molecule has 1 aliphatic heterocycles. The first-order valence-corrected chi connectivity index (χ1v) is 8.03. The molecule has 1 aromatic heterocycles. The van der Waals surface area contributed by atoms with Crippen molar-refractivity contribution in [3.8, 4) is 11.6 Å². The summed E-state index contributed by atoms with van der Waals surface area (Å²) in [5.74, 6) is 1.59. The minimum absolute atomic E-state index is 0.0894. The second-order valence-electron chi connectivity index (χ2n) is 5.57. The first-order valence-electron chi connectivity index (χ1n) is 7.66. The van der Waals surface area contributed by atoms with Gasteiger partial charge < -0.3 is 14.4 Å². The molecule has 1 fully saturated rings. The zero-order chi connectivity index (χ0) is 17.1. The lowest BCUT2D eigenvalue weighted by molar-refractivity contribution is 0.0767. The Morgan fingerprint density at radius 2 is 2.21 bits per heavy atom. The molecule has 6 nitrogen and oxygen atoms in total. The maximum atomic E-state index is 12.7. The summed E-state index contributed by atoms with van der Waals surface area (Å²) in [6, 6.07) is 6.75. The number of likely N-dealkylation sites (tertiary alicyclic amines) is 1. The topological polar surface area (TPSA) is 64.5 Å². The minimum Gasteiger partial charge on any atom is -0.496 e. The van der Waals surface area contributed by atoms with Crippen molar-refractivity contribution >= 4 is 17.5 Å². The molecule has 0 spiro atoms. The fourth-order valence-corrected chi connectivity index (χ4v) is 2.87. The Morgan fingerprint density at radius 3 is 2.96 bits per heavy atom. The van der Waals surface area contributed by atoms with E-state index >= 15 is 0 Å². The predicted molar refractivity (Wildman–Crippen MR) is 89.7 cm³/mol. The first-order chi connectivity index (χ1) is 11.6. The molecule has 1 saturated heterocycles. The molecule has 126 valence electrons. The van der Waals surface area contributed by atoms with Crippen molar-refractivity contribution in [2.75, 3.05) is 20.2 Å². The molecule has 7 heteroatoms. The summed E-state index contributed by atoms with van der Waals surface area (Å²) in [5, 5.41) is 0.502. The molecule has 0 bridgehead atoms. The van der Waals surface area contributed by atoms with E-state index in [1.165, 1.54) is 7.11 Å².